The van der Waals surface area contributed by atoms with E-state index in [9.17, 15) is 28.7 Å². The van der Waals surface area contributed by atoms with E-state index < -0.39 is 28.4 Å². The van der Waals surface area contributed by atoms with Crippen LogP contribution in [0.2, 0.25) is 0 Å². The molecule has 4 aliphatic rings. The van der Waals surface area contributed by atoms with E-state index in [4.69, 9.17) is 0 Å². The highest BCUT2D eigenvalue weighted by atomic mass is 19.1. The number of carbonyl (C=O) groups excluding carboxylic acids is 3. The number of fused-ring (bicyclic) bond motifs is 2. The average Bonchev–Trinajstić information content (AvgIpc) is 3.29. The van der Waals surface area contributed by atoms with Crippen LogP contribution in [-0.2, 0) is 28.2 Å². The molecule has 1 aliphatic carbocycles. The summed E-state index contributed by atoms with van der Waals surface area (Å²) in [5, 5.41) is 16.5. The summed E-state index contributed by atoms with van der Waals surface area (Å²) in [6.45, 7) is 4.36. The van der Waals surface area contributed by atoms with Crippen molar-refractivity contribution in [1.29, 1.82) is 0 Å². The smallest absolute Gasteiger partial charge is 0.296 e. The van der Waals surface area contributed by atoms with Crippen LogP contribution in [-0.4, -0.2) is 50.4 Å². The minimum atomic E-state index is -0.955. The number of halogens is 1. The Balaban J connectivity index is 1.44. The number of rotatable bonds is 5. The molecular weight excluding hydrogens is 493 g/mol. The van der Waals surface area contributed by atoms with Gasteiger partial charge in [-0.05, 0) is 62.1 Å². The third-order valence-electron chi connectivity index (χ3n) is 8.23. The maximum absolute atomic E-state index is 13.6. The topological polar surface area (TPSA) is 134 Å². The lowest BCUT2D eigenvalue weighted by molar-refractivity contribution is -0.129. The molecule has 1 aromatic heterocycles. The number of likely N-dealkylation sites (tertiary alicyclic amines) is 1. The molecule has 2 aromatic rings. The second-order valence-corrected chi connectivity index (χ2v) is 10.8. The lowest BCUT2D eigenvalue weighted by Gasteiger charge is -2.37. The van der Waals surface area contributed by atoms with Gasteiger partial charge in [0.1, 0.15) is 11.6 Å². The minimum absolute atomic E-state index is 0.0533. The molecule has 0 radical (unpaired) electrons. The molecule has 6 rings (SSSR count). The van der Waals surface area contributed by atoms with Crippen molar-refractivity contribution in [2.45, 2.75) is 64.6 Å². The fourth-order valence-electron chi connectivity index (χ4n) is 5.93. The van der Waals surface area contributed by atoms with Crippen molar-refractivity contribution in [2.75, 3.05) is 13.1 Å². The van der Waals surface area contributed by atoms with Crippen molar-refractivity contribution < 1.29 is 23.9 Å². The first-order chi connectivity index (χ1) is 18.1. The number of amides is 3. The van der Waals surface area contributed by atoms with Gasteiger partial charge in [0.15, 0.2) is 5.69 Å². The average molecular weight is 526 g/mol. The summed E-state index contributed by atoms with van der Waals surface area (Å²) in [6, 6.07) is 4.46. The number of aryl methyl sites for hydroxylation is 1. The number of aromatic hydroxyl groups is 1. The normalized spacial score (nSPS) is 24.0. The maximum atomic E-state index is 13.6. The van der Waals surface area contributed by atoms with Crippen LogP contribution in [0.3, 0.4) is 0 Å². The van der Waals surface area contributed by atoms with E-state index in [-0.39, 0.29) is 41.8 Å². The van der Waals surface area contributed by atoms with E-state index in [1.165, 1.54) is 17.6 Å². The van der Waals surface area contributed by atoms with Gasteiger partial charge in [-0.25, -0.2) is 9.37 Å². The molecule has 1 aromatic carbocycles. The van der Waals surface area contributed by atoms with Crippen LogP contribution < -0.4 is 16.2 Å². The Bertz CT molecular complexity index is 1360. The van der Waals surface area contributed by atoms with E-state index in [2.05, 4.69) is 15.6 Å². The maximum Gasteiger partial charge on any atom is 0.296 e. The predicted octanol–water partition coefficient (Wildman–Crippen LogP) is 1.71. The van der Waals surface area contributed by atoms with Gasteiger partial charge in [0, 0.05) is 33.1 Å². The Morgan fingerprint density at radius 1 is 1.18 bits per heavy atom. The molecular formula is C27H32FN5O5. The van der Waals surface area contributed by atoms with Crippen LogP contribution >= 0.6 is 0 Å². The Morgan fingerprint density at radius 3 is 2.58 bits per heavy atom. The Hall–Kier alpha value is -3.76. The van der Waals surface area contributed by atoms with Crippen LogP contribution in [0.25, 0.3) is 0 Å². The molecule has 2 bridgehead atoms. The zero-order chi connectivity index (χ0) is 27.2. The molecule has 3 N–H and O–H groups in total. The second-order valence-electron chi connectivity index (χ2n) is 10.8. The molecule has 3 aliphatic heterocycles. The Kier molecular flexibility index (Phi) is 6.70. The third kappa shape index (κ3) is 4.65. The van der Waals surface area contributed by atoms with E-state index in [0.717, 1.165) is 12.8 Å². The van der Waals surface area contributed by atoms with E-state index in [1.54, 1.807) is 24.0 Å². The lowest BCUT2D eigenvalue weighted by atomic mass is 9.77. The molecule has 0 unspecified atom stereocenters. The molecule has 1 saturated carbocycles. The van der Waals surface area contributed by atoms with Gasteiger partial charge in [0.25, 0.3) is 11.5 Å². The van der Waals surface area contributed by atoms with Crippen LogP contribution in [0, 0.1) is 24.6 Å². The van der Waals surface area contributed by atoms with Crippen molar-refractivity contribution in [3.63, 3.8) is 0 Å². The first kappa shape index (κ1) is 25.9. The summed E-state index contributed by atoms with van der Waals surface area (Å²) in [5.74, 6) is -2.01. The van der Waals surface area contributed by atoms with Crippen LogP contribution in [0.5, 0.6) is 5.75 Å². The summed E-state index contributed by atoms with van der Waals surface area (Å²) >= 11 is 0. The number of aromatic nitrogens is 2. The van der Waals surface area contributed by atoms with E-state index >= 15 is 0 Å². The first-order valence-electron chi connectivity index (χ1n) is 13.0. The molecule has 10 nitrogen and oxygen atoms in total. The second kappa shape index (κ2) is 9.85. The summed E-state index contributed by atoms with van der Waals surface area (Å²) in [7, 11) is 0. The third-order valence-corrected chi connectivity index (χ3v) is 8.23. The SMILES string of the molecule is CC(=O)N1CC[C@H](C(=O)NC23CCC(CC2)Cn2c3nc(C(=O)NCc3ccc(F)c(C)c3)c(O)c2=O)C1. The Labute approximate surface area is 219 Å². The molecule has 4 heterocycles. The van der Waals surface area contributed by atoms with Crippen LogP contribution in [0.4, 0.5) is 4.39 Å². The number of nitrogens with zero attached hydrogens (tertiary/aromatic N) is 3. The van der Waals surface area contributed by atoms with Crippen molar-refractivity contribution in [3.05, 3.63) is 57.0 Å². The standard InChI is InChI=1S/C27H32FN5O5/c1-15-11-18(3-4-20(15)28)12-29-24(37)21-22(35)25(38)33-13-17-5-8-27(9-6-17,26(33)30-21)31-23(36)19-7-10-32(14-19)16(2)34/h3-4,11,17,19,35H,5-10,12-14H2,1-2H3,(H,29,37)(H,31,36)/t17?,19-,27?/m0/s1. The number of nitrogens with one attached hydrogen (secondary N) is 2. The van der Waals surface area contributed by atoms with Gasteiger partial charge >= 0.3 is 0 Å². The lowest BCUT2D eigenvalue weighted by Crippen LogP contribution is -2.51. The summed E-state index contributed by atoms with van der Waals surface area (Å²) < 4.78 is 15.0. The molecule has 1 atom stereocenters. The molecule has 0 spiro atoms. The van der Waals surface area contributed by atoms with Gasteiger partial charge in [-0.1, -0.05) is 12.1 Å². The largest absolute Gasteiger partial charge is 0.501 e. The highest BCUT2D eigenvalue weighted by Gasteiger charge is 2.47. The first-order valence-corrected chi connectivity index (χ1v) is 13.0. The van der Waals surface area contributed by atoms with E-state index in [0.29, 0.717) is 50.0 Å². The molecule has 1 saturated heterocycles. The number of hydrogen-bond donors (Lipinski definition) is 3. The van der Waals surface area contributed by atoms with Gasteiger partial charge in [-0.2, -0.15) is 0 Å². The molecule has 38 heavy (non-hydrogen) atoms. The van der Waals surface area contributed by atoms with Gasteiger partial charge in [-0.3, -0.25) is 23.7 Å². The van der Waals surface area contributed by atoms with E-state index in [1.807, 2.05) is 0 Å². The number of hydrogen-bond acceptors (Lipinski definition) is 6. The molecule has 11 heteroatoms. The van der Waals surface area contributed by atoms with Crippen LogP contribution in [0.1, 0.15) is 66.5 Å². The minimum Gasteiger partial charge on any atom is -0.501 e. The van der Waals surface area contributed by atoms with Gasteiger partial charge in [0.2, 0.25) is 17.6 Å². The number of benzene rings is 1. The highest BCUT2D eigenvalue weighted by Crippen LogP contribution is 2.43. The monoisotopic (exact) mass is 525 g/mol. The van der Waals surface area contributed by atoms with Crippen molar-refractivity contribution >= 4 is 17.7 Å². The quantitative estimate of drug-likeness (QED) is 0.544. The highest BCUT2D eigenvalue weighted by molar-refractivity contribution is 5.94. The number of carbonyl (C=O) groups is 3. The fourth-order valence-corrected chi connectivity index (χ4v) is 5.93. The molecule has 202 valence electrons. The van der Waals surface area contributed by atoms with Gasteiger partial charge in [-0.15, -0.1) is 0 Å². The Morgan fingerprint density at radius 2 is 1.92 bits per heavy atom. The predicted molar refractivity (Wildman–Crippen MR) is 135 cm³/mol. The fraction of sp³-hybridized carbons (Fsp3) is 0.519. The van der Waals surface area contributed by atoms with Crippen molar-refractivity contribution in [3.8, 4) is 5.75 Å². The van der Waals surface area contributed by atoms with Gasteiger partial charge in [0.05, 0.1) is 11.5 Å². The zero-order valence-corrected chi connectivity index (χ0v) is 21.6. The van der Waals surface area contributed by atoms with Crippen LogP contribution in [0.15, 0.2) is 23.0 Å². The molecule has 3 amide bonds. The van der Waals surface area contributed by atoms with Crippen molar-refractivity contribution in [2.24, 2.45) is 11.8 Å². The zero-order valence-electron chi connectivity index (χ0n) is 21.6. The summed E-state index contributed by atoms with van der Waals surface area (Å²) in [4.78, 5) is 57.6. The van der Waals surface area contributed by atoms with Gasteiger partial charge < -0.3 is 20.6 Å². The molecule has 2 fully saturated rings. The summed E-state index contributed by atoms with van der Waals surface area (Å²) in [6.07, 6.45) is 3.19. The summed E-state index contributed by atoms with van der Waals surface area (Å²) in [5.41, 5.74) is -0.981. The van der Waals surface area contributed by atoms with Crippen molar-refractivity contribution in [1.82, 2.24) is 25.1 Å².